The van der Waals surface area contributed by atoms with Crippen LogP contribution >= 0.6 is 11.8 Å². The first kappa shape index (κ1) is 22.7. The number of anilines is 1. The minimum atomic E-state index is -0.470. The summed E-state index contributed by atoms with van der Waals surface area (Å²) < 4.78 is 39.7. The Labute approximate surface area is 182 Å². The van der Waals surface area contributed by atoms with Crippen LogP contribution in [0.15, 0.2) is 53.7 Å². The molecule has 1 heterocycles. The van der Waals surface area contributed by atoms with E-state index < -0.39 is 11.6 Å². The van der Waals surface area contributed by atoms with Gasteiger partial charge in [-0.1, -0.05) is 30.0 Å². The Morgan fingerprint density at radius 2 is 2.00 bits per heavy atom. The Balaban J connectivity index is 1.69. The summed E-state index contributed by atoms with van der Waals surface area (Å²) in [5, 5.41) is 11.4. The summed E-state index contributed by atoms with van der Waals surface area (Å²) in [4.78, 5) is 12.3. The third-order valence-corrected chi connectivity index (χ3v) is 5.16. The number of methoxy groups -OCH3 is 1. The number of thioether (sulfide) groups is 1. The predicted octanol–water partition coefficient (Wildman–Crippen LogP) is 4.07. The lowest BCUT2D eigenvalue weighted by molar-refractivity contribution is -0.113. The second kappa shape index (κ2) is 10.9. The Morgan fingerprint density at radius 1 is 1.19 bits per heavy atom. The van der Waals surface area contributed by atoms with E-state index >= 15 is 0 Å². The van der Waals surface area contributed by atoms with Crippen molar-refractivity contribution in [3.63, 3.8) is 0 Å². The highest BCUT2D eigenvalue weighted by molar-refractivity contribution is 7.99. The van der Waals surface area contributed by atoms with Gasteiger partial charge < -0.3 is 14.8 Å². The SMILES string of the molecule is COCC(C)n1c(COc2ccccc2F)nnc1SCC(=O)Nc1cccc(F)c1. The van der Waals surface area contributed by atoms with Gasteiger partial charge >= 0.3 is 0 Å². The number of rotatable bonds is 10. The molecule has 1 unspecified atom stereocenters. The quantitative estimate of drug-likeness (QED) is 0.471. The Kier molecular flexibility index (Phi) is 7.96. The number of nitrogens with one attached hydrogen (secondary N) is 1. The molecule has 164 valence electrons. The summed E-state index contributed by atoms with van der Waals surface area (Å²) >= 11 is 1.18. The molecule has 3 rings (SSSR count). The van der Waals surface area contributed by atoms with Crippen LogP contribution in [0.25, 0.3) is 0 Å². The standard InChI is InChI=1S/C21H22F2N4O3S/c1-14(11-29-2)27-19(12-30-18-9-4-3-8-17(18)23)25-26-21(27)31-13-20(28)24-16-7-5-6-15(22)10-16/h3-10,14H,11-13H2,1-2H3,(H,24,28). The molecule has 0 spiro atoms. The second-order valence-electron chi connectivity index (χ2n) is 6.64. The van der Waals surface area contributed by atoms with Crippen molar-refractivity contribution in [3.8, 4) is 5.75 Å². The van der Waals surface area contributed by atoms with E-state index in [-0.39, 0.29) is 30.1 Å². The molecular formula is C21H22F2N4O3S. The zero-order chi connectivity index (χ0) is 22.2. The summed E-state index contributed by atoms with van der Waals surface area (Å²) in [5.74, 6) is -0.586. The van der Waals surface area contributed by atoms with E-state index in [2.05, 4.69) is 15.5 Å². The van der Waals surface area contributed by atoms with Gasteiger partial charge in [0, 0.05) is 12.8 Å². The predicted molar refractivity (Wildman–Crippen MR) is 113 cm³/mol. The van der Waals surface area contributed by atoms with E-state index in [9.17, 15) is 13.6 Å². The van der Waals surface area contributed by atoms with Crippen LogP contribution in [0.4, 0.5) is 14.5 Å². The van der Waals surface area contributed by atoms with Crippen molar-refractivity contribution in [2.75, 3.05) is 24.8 Å². The molecule has 0 fully saturated rings. The molecule has 7 nitrogen and oxygen atoms in total. The number of amides is 1. The van der Waals surface area contributed by atoms with Gasteiger partial charge in [0.15, 0.2) is 22.5 Å². The number of ether oxygens (including phenoxy) is 2. The molecule has 10 heteroatoms. The van der Waals surface area contributed by atoms with Gasteiger partial charge in [0.1, 0.15) is 12.4 Å². The van der Waals surface area contributed by atoms with Gasteiger partial charge in [-0.3, -0.25) is 9.36 Å². The van der Waals surface area contributed by atoms with E-state index in [0.29, 0.717) is 23.3 Å². The topological polar surface area (TPSA) is 78.3 Å². The molecule has 1 amide bonds. The molecular weight excluding hydrogens is 426 g/mol. The average Bonchev–Trinajstić information content (AvgIpc) is 3.15. The number of aromatic nitrogens is 3. The Hall–Kier alpha value is -2.98. The number of para-hydroxylation sites is 1. The number of hydrogen-bond donors (Lipinski definition) is 1. The first-order valence-corrected chi connectivity index (χ1v) is 10.4. The fourth-order valence-electron chi connectivity index (χ4n) is 2.86. The first-order valence-electron chi connectivity index (χ1n) is 9.46. The van der Waals surface area contributed by atoms with Crippen LogP contribution in [-0.2, 0) is 16.1 Å². The summed E-state index contributed by atoms with van der Waals surface area (Å²) in [6.07, 6.45) is 0. The molecule has 3 aromatic rings. The number of hydrogen-bond acceptors (Lipinski definition) is 6. The van der Waals surface area contributed by atoms with Crippen LogP contribution in [0.5, 0.6) is 5.75 Å². The van der Waals surface area contributed by atoms with E-state index in [0.717, 1.165) is 0 Å². The second-order valence-corrected chi connectivity index (χ2v) is 7.58. The summed E-state index contributed by atoms with van der Waals surface area (Å²) in [6.45, 7) is 2.29. The van der Waals surface area contributed by atoms with Crippen molar-refractivity contribution in [3.05, 3.63) is 66.0 Å². The lowest BCUT2D eigenvalue weighted by atomic mass is 10.3. The number of carbonyl (C=O) groups excluding carboxylic acids is 1. The number of carbonyl (C=O) groups is 1. The molecule has 0 aliphatic carbocycles. The normalized spacial score (nSPS) is 11.9. The molecule has 0 saturated heterocycles. The molecule has 0 aliphatic rings. The number of halogens is 2. The molecule has 0 bridgehead atoms. The highest BCUT2D eigenvalue weighted by Crippen LogP contribution is 2.24. The van der Waals surface area contributed by atoms with Gasteiger partial charge in [-0.15, -0.1) is 10.2 Å². The molecule has 0 radical (unpaired) electrons. The van der Waals surface area contributed by atoms with E-state index in [1.807, 2.05) is 6.92 Å². The summed E-state index contributed by atoms with van der Waals surface area (Å²) in [6, 6.07) is 11.6. The lowest BCUT2D eigenvalue weighted by Gasteiger charge is -2.17. The molecule has 2 aromatic carbocycles. The molecule has 1 N–H and O–H groups in total. The first-order chi connectivity index (χ1) is 15.0. The smallest absolute Gasteiger partial charge is 0.234 e. The van der Waals surface area contributed by atoms with E-state index in [4.69, 9.17) is 9.47 Å². The Morgan fingerprint density at radius 3 is 2.74 bits per heavy atom. The third kappa shape index (κ3) is 6.25. The molecule has 0 saturated carbocycles. The van der Waals surface area contributed by atoms with Crippen LogP contribution in [-0.4, -0.2) is 40.1 Å². The fraction of sp³-hybridized carbons (Fsp3) is 0.286. The maximum absolute atomic E-state index is 13.8. The minimum absolute atomic E-state index is 0.00195. The van der Waals surface area contributed by atoms with Gasteiger partial charge in [0.05, 0.1) is 18.4 Å². The van der Waals surface area contributed by atoms with Crippen molar-refractivity contribution in [1.29, 1.82) is 0 Å². The molecule has 1 atom stereocenters. The zero-order valence-corrected chi connectivity index (χ0v) is 17.9. The highest BCUT2D eigenvalue weighted by atomic mass is 32.2. The van der Waals surface area contributed by atoms with Crippen LogP contribution in [0.2, 0.25) is 0 Å². The van der Waals surface area contributed by atoms with Gasteiger partial charge in [-0.25, -0.2) is 8.78 Å². The van der Waals surface area contributed by atoms with Crippen molar-refractivity contribution in [2.45, 2.75) is 24.7 Å². The van der Waals surface area contributed by atoms with Gasteiger partial charge in [0.2, 0.25) is 5.91 Å². The van der Waals surface area contributed by atoms with E-state index in [1.165, 1.54) is 42.1 Å². The summed E-state index contributed by atoms with van der Waals surface area (Å²) in [5.41, 5.74) is 0.374. The minimum Gasteiger partial charge on any atom is -0.483 e. The van der Waals surface area contributed by atoms with Crippen molar-refractivity contribution in [2.24, 2.45) is 0 Å². The lowest BCUT2D eigenvalue weighted by Crippen LogP contribution is -2.18. The number of benzene rings is 2. The summed E-state index contributed by atoms with van der Waals surface area (Å²) in [7, 11) is 1.58. The molecule has 0 aliphatic heterocycles. The van der Waals surface area contributed by atoms with Crippen molar-refractivity contribution < 1.29 is 23.0 Å². The van der Waals surface area contributed by atoms with Crippen LogP contribution in [0, 0.1) is 11.6 Å². The average molecular weight is 448 g/mol. The monoisotopic (exact) mass is 448 g/mol. The number of nitrogens with zero attached hydrogens (tertiary/aromatic N) is 3. The molecule has 31 heavy (non-hydrogen) atoms. The van der Waals surface area contributed by atoms with Crippen LogP contribution < -0.4 is 10.1 Å². The van der Waals surface area contributed by atoms with Gasteiger partial charge in [-0.05, 0) is 37.3 Å². The largest absolute Gasteiger partial charge is 0.483 e. The van der Waals surface area contributed by atoms with Crippen molar-refractivity contribution >= 4 is 23.4 Å². The fourth-order valence-corrected chi connectivity index (χ4v) is 3.72. The highest BCUT2D eigenvalue weighted by Gasteiger charge is 2.20. The zero-order valence-electron chi connectivity index (χ0n) is 17.0. The van der Waals surface area contributed by atoms with Gasteiger partial charge in [-0.2, -0.15) is 0 Å². The molecule has 1 aromatic heterocycles. The van der Waals surface area contributed by atoms with Crippen LogP contribution in [0.1, 0.15) is 18.8 Å². The van der Waals surface area contributed by atoms with Gasteiger partial charge in [0.25, 0.3) is 0 Å². The maximum atomic E-state index is 13.8. The third-order valence-electron chi connectivity index (χ3n) is 4.22. The van der Waals surface area contributed by atoms with E-state index in [1.54, 1.807) is 29.9 Å². The van der Waals surface area contributed by atoms with Crippen molar-refractivity contribution in [1.82, 2.24) is 14.8 Å². The maximum Gasteiger partial charge on any atom is 0.234 e. The Bertz CT molecular complexity index is 1030. The van der Waals surface area contributed by atoms with Crippen LogP contribution in [0.3, 0.4) is 0 Å².